The highest BCUT2D eigenvalue weighted by molar-refractivity contribution is 5.95. The highest BCUT2D eigenvalue weighted by atomic mass is 16.5. The predicted molar refractivity (Wildman–Crippen MR) is 65.0 cm³/mol. The van der Waals surface area contributed by atoms with E-state index in [9.17, 15) is 9.59 Å². The SMILES string of the molecule is COc1ccc(NC(C)=O)cc1NC(=O)CN. The summed E-state index contributed by atoms with van der Waals surface area (Å²) in [5.41, 5.74) is 6.25. The Bertz CT molecular complexity index is 432. The van der Waals surface area contributed by atoms with Crippen molar-refractivity contribution in [2.24, 2.45) is 5.73 Å². The number of amides is 2. The van der Waals surface area contributed by atoms with Gasteiger partial charge in [-0.1, -0.05) is 0 Å². The number of rotatable bonds is 4. The quantitative estimate of drug-likeness (QED) is 0.713. The molecule has 0 heterocycles. The van der Waals surface area contributed by atoms with E-state index in [-0.39, 0.29) is 18.4 Å². The van der Waals surface area contributed by atoms with E-state index in [1.165, 1.54) is 14.0 Å². The van der Waals surface area contributed by atoms with Gasteiger partial charge >= 0.3 is 0 Å². The van der Waals surface area contributed by atoms with Gasteiger partial charge in [-0.05, 0) is 18.2 Å². The number of hydrogen-bond acceptors (Lipinski definition) is 4. The molecule has 17 heavy (non-hydrogen) atoms. The third kappa shape index (κ3) is 3.76. The Labute approximate surface area is 99.1 Å². The summed E-state index contributed by atoms with van der Waals surface area (Å²) in [6.45, 7) is 1.29. The second-order valence-corrected chi connectivity index (χ2v) is 3.35. The van der Waals surface area contributed by atoms with Crippen LogP contribution in [0.1, 0.15) is 6.92 Å². The fourth-order valence-corrected chi connectivity index (χ4v) is 1.29. The van der Waals surface area contributed by atoms with E-state index in [0.717, 1.165) is 0 Å². The number of carbonyl (C=O) groups is 2. The normalized spacial score (nSPS) is 9.59. The fraction of sp³-hybridized carbons (Fsp3) is 0.273. The molecular weight excluding hydrogens is 222 g/mol. The van der Waals surface area contributed by atoms with Crippen molar-refractivity contribution in [3.63, 3.8) is 0 Å². The van der Waals surface area contributed by atoms with Gasteiger partial charge in [0.25, 0.3) is 0 Å². The summed E-state index contributed by atoms with van der Waals surface area (Å²) < 4.78 is 5.08. The molecule has 0 saturated heterocycles. The van der Waals surface area contributed by atoms with Gasteiger partial charge in [0.05, 0.1) is 19.3 Å². The molecule has 0 atom stereocenters. The standard InChI is InChI=1S/C11H15N3O3/c1-7(15)13-8-3-4-10(17-2)9(5-8)14-11(16)6-12/h3-5H,6,12H2,1-2H3,(H,13,15)(H,14,16). The summed E-state index contributed by atoms with van der Waals surface area (Å²) >= 11 is 0. The monoisotopic (exact) mass is 237 g/mol. The minimum absolute atomic E-state index is 0.118. The van der Waals surface area contributed by atoms with Crippen LogP contribution in [-0.4, -0.2) is 25.5 Å². The van der Waals surface area contributed by atoms with Crippen molar-refractivity contribution in [2.75, 3.05) is 24.3 Å². The molecule has 0 unspecified atom stereocenters. The van der Waals surface area contributed by atoms with Crippen LogP contribution < -0.4 is 21.1 Å². The lowest BCUT2D eigenvalue weighted by molar-refractivity contribution is -0.115. The van der Waals surface area contributed by atoms with Crippen molar-refractivity contribution < 1.29 is 14.3 Å². The molecule has 1 rings (SSSR count). The predicted octanol–water partition coefficient (Wildman–Crippen LogP) is 0.551. The molecule has 4 N–H and O–H groups in total. The lowest BCUT2D eigenvalue weighted by Crippen LogP contribution is -2.22. The molecule has 0 bridgehead atoms. The molecule has 0 aliphatic carbocycles. The summed E-state index contributed by atoms with van der Waals surface area (Å²) in [5, 5.41) is 5.20. The van der Waals surface area contributed by atoms with E-state index in [1.807, 2.05) is 0 Å². The average Bonchev–Trinajstić information content (AvgIpc) is 2.28. The molecule has 0 aromatic heterocycles. The van der Waals surface area contributed by atoms with Crippen LogP contribution in [0.3, 0.4) is 0 Å². The average molecular weight is 237 g/mol. The van der Waals surface area contributed by atoms with E-state index in [0.29, 0.717) is 17.1 Å². The first-order chi connectivity index (χ1) is 8.06. The van der Waals surface area contributed by atoms with Gasteiger partial charge in [-0.25, -0.2) is 0 Å². The van der Waals surface area contributed by atoms with Crippen LogP contribution in [0.4, 0.5) is 11.4 Å². The molecule has 6 nitrogen and oxygen atoms in total. The zero-order valence-corrected chi connectivity index (χ0v) is 9.74. The summed E-state index contributed by atoms with van der Waals surface area (Å²) in [6, 6.07) is 4.93. The molecule has 2 amide bonds. The van der Waals surface area contributed by atoms with Crippen LogP contribution in [-0.2, 0) is 9.59 Å². The molecule has 1 aromatic rings. The number of nitrogens with two attached hydrogens (primary N) is 1. The second kappa shape index (κ2) is 5.86. The lowest BCUT2D eigenvalue weighted by Gasteiger charge is -2.11. The Morgan fingerprint density at radius 1 is 1.35 bits per heavy atom. The van der Waals surface area contributed by atoms with Crippen molar-refractivity contribution in [1.29, 1.82) is 0 Å². The first kappa shape index (κ1) is 13.0. The topological polar surface area (TPSA) is 93.5 Å². The van der Waals surface area contributed by atoms with Gasteiger partial charge in [-0.2, -0.15) is 0 Å². The Balaban J connectivity index is 2.97. The molecule has 0 fully saturated rings. The van der Waals surface area contributed by atoms with Gasteiger partial charge in [0.1, 0.15) is 5.75 Å². The zero-order chi connectivity index (χ0) is 12.8. The first-order valence-corrected chi connectivity index (χ1v) is 5.02. The summed E-state index contributed by atoms with van der Waals surface area (Å²) in [6.07, 6.45) is 0. The largest absolute Gasteiger partial charge is 0.495 e. The third-order valence-corrected chi connectivity index (χ3v) is 1.98. The van der Waals surface area contributed by atoms with Crippen molar-refractivity contribution in [1.82, 2.24) is 0 Å². The Morgan fingerprint density at radius 3 is 2.59 bits per heavy atom. The number of hydrogen-bond donors (Lipinski definition) is 3. The molecule has 6 heteroatoms. The molecule has 1 aromatic carbocycles. The summed E-state index contributed by atoms with van der Waals surface area (Å²) in [4.78, 5) is 22.1. The lowest BCUT2D eigenvalue weighted by atomic mass is 10.2. The van der Waals surface area contributed by atoms with Crippen molar-refractivity contribution in [3.8, 4) is 5.75 Å². The van der Waals surface area contributed by atoms with Gasteiger partial charge in [-0.15, -0.1) is 0 Å². The van der Waals surface area contributed by atoms with Gasteiger partial charge in [0.2, 0.25) is 11.8 Å². The molecular formula is C11H15N3O3. The number of methoxy groups -OCH3 is 1. The number of carbonyl (C=O) groups excluding carboxylic acids is 2. The molecule has 0 spiro atoms. The molecule has 0 radical (unpaired) electrons. The minimum atomic E-state index is -0.330. The maximum absolute atomic E-state index is 11.2. The molecule has 0 saturated carbocycles. The van der Waals surface area contributed by atoms with Crippen LogP contribution in [0.25, 0.3) is 0 Å². The Hall–Kier alpha value is -2.08. The van der Waals surface area contributed by atoms with E-state index < -0.39 is 0 Å². The van der Waals surface area contributed by atoms with Crippen LogP contribution in [0.2, 0.25) is 0 Å². The molecule has 0 aliphatic heterocycles. The summed E-state index contributed by atoms with van der Waals surface area (Å²) in [5.74, 6) is -0.0181. The van der Waals surface area contributed by atoms with Crippen molar-refractivity contribution in [2.45, 2.75) is 6.92 Å². The fourth-order valence-electron chi connectivity index (χ4n) is 1.29. The first-order valence-electron chi connectivity index (χ1n) is 5.02. The van der Waals surface area contributed by atoms with Crippen LogP contribution in [0.5, 0.6) is 5.75 Å². The van der Waals surface area contributed by atoms with E-state index >= 15 is 0 Å². The number of benzene rings is 1. The smallest absolute Gasteiger partial charge is 0.238 e. The zero-order valence-electron chi connectivity index (χ0n) is 9.74. The Morgan fingerprint density at radius 2 is 2.06 bits per heavy atom. The van der Waals surface area contributed by atoms with E-state index in [2.05, 4.69) is 10.6 Å². The highest BCUT2D eigenvalue weighted by Gasteiger charge is 2.07. The van der Waals surface area contributed by atoms with Crippen molar-refractivity contribution in [3.05, 3.63) is 18.2 Å². The van der Waals surface area contributed by atoms with Gasteiger partial charge in [0, 0.05) is 12.6 Å². The summed E-state index contributed by atoms with van der Waals surface area (Å²) in [7, 11) is 1.49. The number of nitrogens with one attached hydrogen (secondary N) is 2. The van der Waals surface area contributed by atoms with E-state index in [1.54, 1.807) is 18.2 Å². The third-order valence-electron chi connectivity index (χ3n) is 1.98. The van der Waals surface area contributed by atoms with Gasteiger partial charge < -0.3 is 21.1 Å². The van der Waals surface area contributed by atoms with Crippen molar-refractivity contribution >= 4 is 23.2 Å². The van der Waals surface area contributed by atoms with Crippen LogP contribution >= 0.6 is 0 Å². The molecule has 0 aliphatic rings. The van der Waals surface area contributed by atoms with Crippen LogP contribution in [0.15, 0.2) is 18.2 Å². The number of ether oxygens (including phenoxy) is 1. The van der Waals surface area contributed by atoms with Crippen LogP contribution in [0, 0.1) is 0 Å². The maximum atomic E-state index is 11.2. The Kier molecular flexibility index (Phi) is 4.47. The highest BCUT2D eigenvalue weighted by Crippen LogP contribution is 2.27. The number of anilines is 2. The van der Waals surface area contributed by atoms with E-state index in [4.69, 9.17) is 10.5 Å². The maximum Gasteiger partial charge on any atom is 0.238 e. The van der Waals surface area contributed by atoms with Gasteiger partial charge in [-0.3, -0.25) is 9.59 Å². The van der Waals surface area contributed by atoms with Gasteiger partial charge in [0.15, 0.2) is 0 Å². The minimum Gasteiger partial charge on any atom is -0.495 e. The molecule has 92 valence electrons. The second-order valence-electron chi connectivity index (χ2n) is 3.35.